The minimum atomic E-state index is -0.474. The molecule has 0 spiro atoms. The van der Waals surface area contributed by atoms with E-state index in [1.165, 1.54) is 0 Å². The van der Waals surface area contributed by atoms with Crippen molar-refractivity contribution in [3.8, 4) is 0 Å². The molecular formula is C16H23N3O2. The fourth-order valence-corrected chi connectivity index (χ4v) is 2.81. The Balaban J connectivity index is 1.82. The number of carbonyl (C=O) groups excluding carboxylic acids is 2. The van der Waals surface area contributed by atoms with Crippen LogP contribution >= 0.6 is 0 Å². The third kappa shape index (κ3) is 4.29. The molecule has 0 heterocycles. The highest BCUT2D eigenvalue weighted by atomic mass is 16.2. The largest absolute Gasteiger partial charge is 0.347 e. The van der Waals surface area contributed by atoms with Gasteiger partial charge >= 0.3 is 0 Å². The van der Waals surface area contributed by atoms with Crippen molar-refractivity contribution in [2.75, 3.05) is 11.9 Å². The topological polar surface area (TPSA) is 84.2 Å². The van der Waals surface area contributed by atoms with E-state index >= 15 is 0 Å². The maximum atomic E-state index is 12.2. The van der Waals surface area contributed by atoms with Crippen LogP contribution in [-0.2, 0) is 9.59 Å². The zero-order valence-electron chi connectivity index (χ0n) is 12.4. The number of hydrogen-bond donors (Lipinski definition) is 3. The lowest BCUT2D eigenvalue weighted by atomic mass is 9.74. The van der Waals surface area contributed by atoms with Crippen LogP contribution in [0.15, 0.2) is 30.3 Å². The summed E-state index contributed by atoms with van der Waals surface area (Å²) in [5, 5.41) is 5.43. The number of carbonyl (C=O) groups is 2. The summed E-state index contributed by atoms with van der Waals surface area (Å²) in [5.74, 6) is -0.567. The number of anilines is 1. The monoisotopic (exact) mass is 289 g/mol. The second kappa shape index (κ2) is 6.72. The van der Waals surface area contributed by atoms with Gasteiger partial charge in [0.15, 0.2) is 0 Å². The summed E-state index contributed by atoms with van der Waals surface area (Å²) in [6.45, 7) is 1.89. The zero-order chi connectivity index (χ0) is 15.3. The first kappa shape index (κ1) is 15.5. The van der Waals surface area contributed by atoms with Gasteiger partial charge in [0.05, 0.1) is 12.5 Å². The molecule has 21 heavy (non-hydrogen) atoms. The molecule has 114 valence electrons. The number of amides is 2. The van der Waals surface area contributed by atoms with Gasteiger partial charge in [0, 0.05) is 11.2 Å². The van der Waals surface area contributed by atoms with Gasteiger partial charge in [-0.3, -0.25) is 9.59 Å². The summed E-state index contributed by atoms with van der Waals surface area (Å²) in [6, 6.07) is 9.17. The summed E-state index contributed by atoms with van der Waals surface area (Å²) >= 11 is 0. The zero-order valence-corrected chi connectivity index (χ0v) is 12.4. The van der Waals surface area contributed by atoms with E-state index in [0.29, 0.717) is 0 Å². The van der Waals surface area contributed by atoms with Gasteiger partial charge in [-0.25, -0.2) is 0 Å². The third-order valence-corrected chi connectivity index (χ3v) is 4.05. The Morgan fingerprint density at radius 2 is 2.00 bits per heavy atom. The summed E-state index contributed by atoms with van der Waals surface area (Å²) < 4.78 is 0. The minimum absolute atomic E-state index is 0.0275. The second-order valence-electron chi connectivity index (χ2n) is 5.94. The summed E-state index contributed by atoms with van der Waals surface area (Å²) in [4.78, 5) is 24.0. The van der Waals surface area contributed by atoms with E-state index in [0.717, 1.165) is 31.4 Å². The molecule has 0 aromatic heterocycles. The van der Waals surface area contributed by atoms with E-state index in [4.69, 9.17) is 5.73 Å². The molecule has 1 aliphatic carbocycles. The molecule has 1 aromatic carbocycles. The van der Waals surface area contributed by atoms with Gasteiger partial charge in [-0.05, 0) is 31.9 Å². The lowest BCUT2D eigenvalue weighted by molar-refractivity contribution is -0.130. The second-order valence-corrected chi connectivity index (χ2v) is 5.94. The van der Waals surface area contributed by atoms with E-state index in [9.17, 15) is 9.59 Å². The lowest BCUT2D eigenvalue weighted by Gasteiger charge is -2.37. The molecule has 1 aliphatic rings. The molecule has 5 heteroatoms. The normalized spacial score (nSPS) is 25.1. The molecule has 2 atom stereocenters. The molecule has 1 saturated carbocycles. The summed E-state index contributed by atoms with van der Waals surface area (Å²) in [7, 11) is 0. The fraction of sp³-hybridized carbons (Fsp3) is 0.500. The average molecular weight is 289 g/mol. The van der Waals surface area contributed by atoms with Crippen LogP contribution in [0.4, 0.5) is 5.69 Å². The predicted octanol–water partition coefficient (Wildman–Crippen LogP) is 1.65. The number of nitrogens with one attached hydrogen (secondary N) is 2. The van der Waals surface area contributed by atoms with Crippen molar-refractivity contribution in [2.24, 2.45) is 11.7 Å². The van der Waals surface area contributed by atoms with Crippen molar-refractivity contribution in [2.45, 2.75) is 38.1 Å². The Bertz CT molecular complexity index is 500. The molecular weight excluding hydrogens is 266 g/mol. The quantitative estimate of drug-likeness (QED) is 0.788. The van der Waals surface area contributed by atoms with E-state index in [1.54, 1.807) is 12.1 Å². The van der Waals surface area contributed by atoms with Crippen molar-refractivity contribution in [3.63, 3.8) is 0 Å². The van der Waals surface area contributed by atoms with E-state index < -0.39 is 5.54 Å². The number of hydrogen-bond acceptors (Lipinski definition) is 3. The Hall–Kier alpha value is -1.88. The van der Waals surface area contributed by atoms with Crippen molar-refractivity contribution in [1.29, 1.82) is 0 Å². The van der Waals surface area contributed by atoms with Crippen LogP contribution in [0.1, 0.15) is 32.6 Å². The predicted molar refractivity (Wildman–Crippen MR) is 82.6 cm³/mol. The molecule has 0 aliphatic heterocycles. The molecule has 1 fully saturated rings. The third-order valence-electron chi connectivity index (χ3n) is 4.05. The molecule has 0 radical (unpaired) electrons. The van der Waals surface area contributed by atoms with Gasteiger partial charge in [0.2, 0.25) is 11.8 Å². The first-order valence-corrected chi connectivity index (χ1v) is 7.40. The molecule has 4 N–H and O–H groups in total. The molecule has 2 rings (SSSR count). The summed E-state index contributed by atoms with van der Waals surface area (Å²) in [6.07, 6.45) is 3.72. The van der Waals surface area contributed by atoms with Crippen LogP contribution in [-0.4, -0.2) is 23.9 Å². The van der Waals surface area contributed by atoms with Gasteiger partial charge in [0.25, 0.3) is 0 Å². The van der Waals surface area contributed by atoms with Crippen molar-refractivity contribution >= 4 is 17.5 Å². The lowest BCUT2D eigenvalue weighted by Crippen LogP contribution is -2.53. The standard InChI is InChI=1S/C16H23N3O2/c1-16(17)10-6-5-9-13(16)15(21)18-11-14(20)19-12-7-3-2-4-8-12/h2-4,7-8,13H,5-6,9-11,17H2,1H3,(H,18,21)(H,19,20). The summed E-state index contributed by atoms with van der Waals surface area (Å²) in [5.41, 5.74) is 6.44. The molecule has 5 nitrogen and oxygen atoms in total. The number of nitrogens with two attached hydrogens (primary N) is 1. The Kier molecular flexibility index (Phi) is 4.96. The van der Waals surface area contributed by atoms with E-state index in [2.05, 4.69) is 10.6 Å². The minimum Gasteiger partial charge on any atom is -0.347 e. The molecule has 1 aromatic rings. The van der Waals surface area contributed by atoms with Gasteiger partial charge in [-0.15, -0.1) is 0 Å². The first-order valence-electron chi connectivity index (χ1n) is 7.40. The SMILES string of the molecule is CC1(N)CCCCC1C(=O)NCC(=O)Nc1ccccc1. The van der Waals surface area contributed by atoms with Gasteiger partial charge in [-0.2, -0.15) is 0 Å². The average Bonchev–Trinajstić information content (AvgIpc) is 2.45. The van der Waals surface area contributed by atoms with Gasteiger partial charge in [-0.1, -0.05) is 31.0 Å². The molecule has 0 saturated heterocycles. The van der Waals surface area contributed by atoms with Crippen LogP contribution < -0.4 is 16.4 Å². The van der Waals surface area contributed by atoms with Crippen LogP contribution in [0.5, 0.6) is 0 Å². The number of benzene rings is 1. The smallest absolute Gasteiger partial charge is 0.243 e. The molecule has 0 bridgehead atoms. The van der Waals surface area contributed by atoms with Gasteiger partial charge in [0.1, 0.15) is 0 Å². The van der Waals surface area contributed by atoms with Crippen LogP contribution in [0.25, 0.3) is 0 Å². The van der Waals surface area contributed by atoms with Crippen LogP contribution in [0.3, 0.4) is 0 Å². The van der Waals surface area contributed by atoms with Crippen molar-refractivity contribution < 1.29 is 9.59 Å². The Labute approximate surface area is 125 Å². The maximum Gasteiger partial charge on any atom is 0.243 e. The molecule has 2 unspecified atom stereocenters. The number of para-hydroxylation sites is 1. The maximum absolute atomic E-state index is 12.2. The number of rotatable bonds is 4. The van der Waals surface area contributed by atoms with Crippen molar-refractivity contribution in [3.05, 3.63) is 30.3 Å². The Morgan fingerprint density at radius 1 is 1.29 bits per heavy atom. The van der Waals surface area contributed by atoms with Crippen molar-refractivity contribution in [1.82, 2.24) is 5.32 Å². The van der Waals surface area contributed by atoms with E-state index in [1.807, 2.05) is 25.1 Å². The molecule has 2 amide bonds. The Morgan fingerprint density at radius 3 is 2.67 bits per heavy atom. The highest BCUT2D eigenvalue weighted by molar-refractivity contribution is 5.94. The highest BCUT2D eigenvalue weighted by Gasteiger charge is 2.37. The van der Waals surface area contributed by atoms with Crippen LogP contribution in [0.2, 0.25) is 0 Å². The van der Waals surface area contributed by atoms with Gasteiger partial charge < -0.3 is 16.4 Å². The fourth-order valence-electron chi connectivity index (χ4n) is 2.81. The highest BCUT2D eigenvalue weighted by Crippen LogP contribution is 2.31. The van der Waals surface area contributed by atoms with E-state index in [-0.39, 0.29) is 24.3 Å². The first-order chi connectivity index (χ1) is 9.99. The van der Waals surface area contributed by atoms with Crippen LogP contribution in [0, 0.1) is 5.92 Å².